The molecule has 4 aromatic rings. The number of benzene rings is 4. The predicted octanol–water partition coefficient (Wildman–Crippen LogP) is 6.88. The lowest BCUT2D eigenvalue weighted by atomic mass is 10.1. The van der Waals surface area contributed by atoms with Crippen LogP contribution < -0.4 is 9.64 Å². The van der Waals surface area contributed by atoms with Gasteiger partial charge in [-0.1, -0.05) is 54.6 Å². The number of amides is 1. The molecule has 1 amide bonds. The largest absolute Gasteiger partial charge is 0.487 e. The molecule has 1 saturated heterocycles. The van der Waals surface area contributed by atoms with Gasteiger partial charge in [0.05, 0.1) is 7.14 Å². The van der Waals surface area contributed by atoms with E-state index in [1.807, 2.05) is 42.5 Å². The smallest absolute Gasteiger partial charge is 0.264 e. The fourth-order valence-corrected chi connectivity index (χ4v) is 6.70. The molecule has 190 valence electrons. The predicted molar refractivity (Wildman–Crippen MR) is 169 cm³/mol. The van der Waals surface area contributed by atoms with Crippen LogP contribution in [0.25, 0.3) is 16.8 Å². The van der Waals surface area contributed by atoms with Crippen LogP contribution in [-0.2, 0) is 11.4 Å². The Labute approximate surface area is 250 Å². The van der Waals surface area contributed by atoms with Gasteiger partial charge in [-0.25, -0.2) is 0 Å². The van der Waals surface area contributed by atoms with Crippen LogP contribution in [-0.4, -0.2) is 37.0 Å². The van der Waals surface area contributed by atoms with E-state index in [0.717, 1.165) is 42.8 Å². The summed E-state index contributed by atoms with van der Waals surface area (Å²) < 4.78 is 8.06. The zero-order chi connectivity index (χ0) is 26.5. The van der Waals surface area contributed by atoms with E-state index in [9.17, 15) is 10.1 Å². The molecule has 5 rings (SSSR count). The number of nitrogens with zero attached hydrogens (tertiary/aromatic N) is 3. The molecular weight excluding hydrogens is 700 g/mol. The first-order valence-electron chi connectivity index (χ1n) is 12.3. The molecule has 0 aromatic heterocycles. The molecule has 1 heterocycles. The quantitative estimate of drug-likeness (QED) is 0.124. The number of nitriles is 1. The van der Waals surface area contributed by atoms with E-state index in [-0.39, 0.29) is 11.5 Å². The monoisotopic (exact) mass is 725 g/mol. The van der Waals surface area contributed by atoms with Crippen molar-refractivity contribution in [2.24, 2.45) is 0 Å². The Hall–Kier alpha value is -3.10. The Kier molecular flexibility index (Phi) is 8.49. The Morgan fingerprint density at radius 2 is 1.53 bits per heavy atom. The minimum Gasteiger partial charge on any atom is -0.487 e. The topological polar surface area (TPSA) is 56.6 Å². The number of rotatable bonds is 6. The summed E-state index contributed by atoms with van der Waals surface area (Å²) in [5, 5.41) is 12.2. The molecule has 0 aliphatic carbocycles. The summed E-state index contributed by atoms with van der Waals surface area (Å²) in [6.45, 7) is 3.12. The average Bonchev–Trinajstić information content (AvgIpc) is 2.95. The van der Waals surface area contributed by atoms with Crippen molar-refractivity contribution in [2.75, 3.05) is 31.1 Å². The highest BCUT2D eigenvalue weighted by molar-refractivity contribution is 14.1. The van der Waals surface area contributed by atoms with Crippen molar-refractivity contribution >= 4 is 73.6 Å². The maximum atomic E-state index is 13.2. The molecule has 0 bridgehead atoms. The average molecular weight is 725 g/mol. The molecule has 0 atom stereocenters. The van der Waals surface area contributed by atoms with Gasteiger partial charge in [-0.3, -0.25) is 4.79 Å². The second-order valence-corrected chi connectivity index (χ2v) is 11.4. The summed E-state index contributed by atoms with van der Waals surface area (Å²) in [4.78, 5) is 17.2. The van der Waals surface area contributed by atoms with Crippen LogP contribution in [0, 0.1) is 18.5 Å². The van der Waals surface area contributed by atoms with Crippen molar-refractivity contribution in [2.45, 2.75) is 6.61 Å². The van der Waals surface area contributed by atoms with Gasteiger partial charge in [-0.05, 0) is 103 Å². The third kappa shape index (κ3) is 6.13. The number of carbonyl (C=O) groups is 1. The van der Waals surface area contributed by atoms with E-state index in [1.54, 1.807) is 11.0 Å². The van der Waals surface area contributed by atoms with Crippen LogP contribution in [0.3, 0.4) is 0 Å². The van der Waals surface area contributed by atoms with Gasteiger partial charge in [0.15, 0.2) is 0 Å². The third-order valence-corrected chi connectivity index (χ3v) is 8.17. The van der Waals surface area contributed by atoms with Gasteiger partial charge in [0.2, 0.25) is 0 Å². The van der Waals surface area contributed by atoms with Gasteiger partial charge in [0.1, 0.15) is 24.0 Å². The SMILES string of the molecule is N#C/C(=C/c1cc(I)c(OCc2ccc3ccccc3c2)c(I)c1)C(=O)N1CCN(c2ccccc2)CC1. The fraction of sp³-hybridized carbons (Fsp3) is 0.161. The number of anilines is 1. The Bertz CT molecular complexity index is 1520. The summed E-state index contributed by atoms with van der Waals surface area (Å²) in [6, 6.07) is 30.9. The minimum absolute atomic E-state index is 0.148. The van der Waals surface area contributed by atoms with Crippen molar-refractivity contribution in [1.29, 1.82) is 5.26 Å². The van der Waals surface area contributed by atoms with Crippen molar-refractivity contribution in [3.63, 3.8) is 0 Å². The number of hydrogen-bond donors (Lipinski definition) is 0. The molecule has 5 nitrogen and oxygen atoms in total. The molecule has 0 radical (unpaired) electrons. The van der Waals surface area contributed by atoms with Crippen LogP contribution in [0.1, 0.15) is 11.1 Å². The second-order valence-electron chi connectivity index (χ2n) is 9.07. The van der Waals surface area contributed by atoms with Gasteiger partial charge >= 0.3 is 0 Å². The molecule has 0 saturated carbocycles. The molecule has 7 heteroatoms. The summed E-state index contributed by atoms with van der Waals surface area (Å²) in [6.07, 6.45) is 1.68. The zero-order valence-corrected chi connectivity index (χ0v) is 24.9. The van der Waals surface area contributed by atoms with Gasteiger partial charge in [0.25, 0.3) is 5.91 Å². The van der Waals surface area contributed by atoms with Crippen LogP contribution in [0.2, 0.25) is 0 Å². The maximum Gasteiger partial charge on any atom is 0.264 e. The third-order valence-electron chi connectivity index (χ3n) is 6.57. The highest BCUT2D eigenvalue weighted by Crippen LogP contribution is 2.31. The molecule has 1 fully saturated rings. The number of fused-ring (bicyclic) bond motifs is 1. The maximum absolute atomic E-state index is 13.2. The Balaban J connectivity index is 1.26. The fourth-order valence-electron chi connectivity index (χ4n) is 4.57. The first kappa shape index (κ1) is 26.5. The Morgan fingerprint density at radius 3 is 2.21 bits per heavy atom. The number of ether oxygens (including phenoxy) is 1. The molecule has 1 aliphatic rings. The van der Waals surface area contributed by atoms with Crippen molar-refractivity contribution in [3.05, 3.63) is 109 Å². The molecular formula is C31H25I2N3O2. The number of piperazine rings is 1. The second kappa shape index (κ2) is 12.2. The summed E-state index contributed by atoms with van der Waals surface area (Å²) in [7, 11) is 0. The van der Waals surface area contributed by atoms with E-state index in [1.165, 1.54) is 10.8 Å². The molecule has 0 unspecified atom stereocenters. The first-order chi connectivity index (χ1) is 18.5. The lowest BCUT2D eigenvalue weighted by Crippen LogP contribution is -2.49. The number of para-hydroxylation sites is 1. The zero-order valence-electron chi connectivity index (χ0n) is 20.6. The van der Waals surface area contributed by atoms with Crippen molar-refractivity contribution in [3.8, 4) is 11.8 Å². The first-order valence-corrected chi connectivity index (χ1v) is 14.5. The van der Waals surface area contributed by atoms with E-state index in [2.05, 4.69) is 98.6 Å². The van der Waals surface area contributed by atoms with Crippen molar-refractivity contribution in [1.82, 2.24) is 4.90 Å². The summed E-state index contributed by atoms with van der Waals surface area (Å²) >= 11 is 4.51. The highest BCUT2D eigenvalue weighted by atomic mass is 127. The van der Waals surface area contributed by atoms with E-state index < -0.39 is 0 Å². The molecule has 0 N–H and O–H groups in total. The van der Waals surface area contributed by atoms with Crippen LogP contribution in [0.15, 0.2) is 90.5 Å². The van der Waals surface area contributed by atoms with Gasteiger partial charge < -0.3 is 14.5 Å². The summed E-state index contributed by atoms with van der Waals surface area (Å²) in [5.74, 6) is 0.584. The Morgan fingerprint density at radius 1 is 0.868 bits per heavy atom. The molecule has 38 heavy (non-hydrogen) atoms. The van der Waals surface area contributed by atoms with Crippen LogP contribution in [0.5, 0.6) is 5.75 Å². The van der Waals surface area contributed by atoms with Crippen molar-refractivity contribution < 1.29 is 9.53 Å². The van der Waals surface area contributed by atoms with E-state index in [4.69, 9.17) is 4.74 Å². The summed E-state index contributed by atoms with van der Waals surface area (Å²) in [5.41, 5.74) is 3.21. The van der Waals surface area contributed by atoms with Crippen LogP contribution >= 0.6 is 45.2 Å². The molecule has 4 aromatic carbocycles. The number of halogens is 2. The van der Waals surface area contributed by atoms with Gasteiger partial charge in [-0.15, -0.1) is 0 Å². The van der Waals surface area contributed by atoms with E-state index in [0.29, 0.717) is 19.7 Å². The van der Waals surface area contributed by atoms with E-state index >= 15 is 0 Å². The molecule has 1 aliphatic heterocycles. The van der Waals surface area contributed by atoms with Gasteiger partial charge in [-0.2, -0.15) is 5.26 Å². The van der Waals surface area contributed by atoms with Crippen LogP contribution in [0.4, 0.5) is 5.69 Å². The minimum atomic E-state index is -0.221. The van der Waals surface area contributed by atoms with Gasteiger partial charge in [0, 0.05) is 31.9 Å². The lowest BCUT2D eigenvalue weighted by Gasteiger charge is -2.36. The number of carbonyl (C=O) groups excluding carboxylic acids is 1. The normalized spacial score (nSPS) is 13.9. The highest BCUT2D eigenvalue weighted by Gasteiger charge is 2.24. The number of hydrogen-bond acceptors (Lipinski definition) is 4. The molecule has 0 spiro atoms. The standard InChI is InChI=1S/C31H25I2N3O2/c32-28-18-23(19-29(33)30(28)38-21-22-10-11-24-6-4-5-7-25(24)16-22)17-26(20-34)31(37)36-14-12-35(13-15-36)27-8-2-1-3-9-27/h1-11,16-19H,12-15,21H2/b26-17-. The lowest BCUT2D eigenvalue weighted by molar-refractivity contribution is -0.126.